The summed E-state index contributed by atoms with van der Waals surface area (Å²) in [6.45, 7) is 17.8. The average Bonchev–Trinajstić information content (AvgIpc) is 3.03. The zero-order chi connectivity index (χ0) is 25.8. The van der Waals surface area contributed by atoms with Crippen molar-refractivity contribution in [3.63, 3.8) is 0 Å². The van der Waals surface area contributed by atoms with Crippen molar-refractivity contribution in [1.29, 1.82) is 0 Å². The van der Waals surface area contributed by atoms with Crippen molar-refractivity contribution in [2.24, 2.45) is 39.9 Å². The third-order valence-electron chi connectivity index (χ3n) is 12.2. The number of Topliss-reactive ketones (excluding diaryl/α,β-unsaturated/α-hetero) is 1. The Kier molecular flexibility index (Phi) is 5.55. The first-order chi connectivity index (χ1) is 16.0. The van der Waals surface area contributed by atoms with Gasteiger partial charge in [0.2, 0.25) is 5.91 Å². The highest BCUT2D eigenvalue weighted by atomic mass is 16.5. The van der Waals surface area contributed by atoms with E-state index in [0.29, 0.717) is 31.0 Å². The number of ketones is 1. The third-order valence-corrected chi connectivity index (χ3v) is 12.2. The van der Waals surface area contributed by atoms with Gasteiger partial charge in [-0.15, -0.1) is 0 Å². The molecule has 3 saturated carbocycles. The van der Waals surface area contributed by atoms with Crippen LogP contribution < -0.4 is 5.32 Å². The molecule has 5 rings (SSSR count). The van der Waals surface area contributed by atoms with Gasteiger partial charge in [-0.25, -0.2) is 0 Å². The Morgan fingerprint density at radius 1 is 0.914 bits per heavy atom. The molecule has 0 bridgehead atoms. The molecule has 0 radical (unpaired) electrons. The zero-order valence-electron chi connectivity index (χ0n) is 23.4. The minimum atomic E-state index is -0.573. The number of fused-ring (bicyclic) bond motifs is 5. The molecular weight excluding hydrogens is 438 g/mol. The molecule has 1 amide bonds. The summed E-state index contributed by atoms with van der Waals surface area (Å²) in [6.07, 6.45) is 7.39. The number of hydrogen-bond acceptors (Lipinski definition) is 4. The Morgan fingerprint density at radius 3 is 2.26 bits per heavy atom. The summed E-state index contributed by atoms with van der Waals surface area (Å²) in [5.74, 6) is 0.773. The number of amides is 1. The molecule has 2 heterocycles. The lowest BCUT2D eigenvalue weighted by Gasteiger charge is -2.67. The fourth-order valence-electron chi connectivity index (χ4n) is 11.0. The first-order valence-corrected chi connectivity index (χ1v) is 14.2. The summed E-state index contributed by atoms with van der Waals surface area (Å²) < 4.78 is 6.82. The molecule has 0 aromatic heterocycles. The molecule has 198 valence electrons. The van der Waals surface area contributed by atoms with Crippen LogP contribution >= 0.6 is 0 Å². The number of aliphatic hydroxyl groups is 1. The van der Waals surface area contributed by atoms with Gasteiger partial charge < -0.3 is 15.2 Å². The number of aliphatic hydroxyl groups excluding tert-OH is 1. The maximum atomic E-state index is 14.1. The molecule has 35 heavy (non-hydrogen) atoms. The molecule has 2 N–H and O–H groups in total. The summed E-state index contributed by atoms with van der Waals surface area (Å²) in [7, 11) is 0. The molecular formula is C30H49NO4. The molecule has 2 saturated heterocycles. The Bertz CT molecular complexity index is 927. The molecule has 0 spiro atoms. The van der Waals surface area contributed by atoms with Crippen LogP contribution in [0.25, 0.3) is 0 Å². The summed E-state index contributed by atoms with van der Waals surface area (Å²) in [5.41, 5.74) is -1.59. The fourth-order valence-corrected chi connectivity index (χ4v) is 11.0. The Balaban J connectivity index is 1.56. The van der Waals surface area contributed by atoms with E-state index >= 15 is 0 Å². The smallest absolute Gasteiger partial charge is 0.220 e. The lowest BCUT2D eigenvalue weighted by atomic mass is 9.37. The summed E-state index contributed by atoms with van der Waals surface area (Å²) in [4.78, 5) is 26.7. The fraction of sp³-hybridized carbons (Fsp3) is 0.933. The first kappa shape index (κ1) is 25.7. The van der Waals surface area contributed by atoms with Crippen LogP contribution in [0.15, 0.2) is 0 Å². The summed E-state index contributed by atoms with van der Waals surface area (Å²) >= 11 is 0. The molecule has 9 atom stereocenters. The normalized spacial score (nSPS) is 53.1. The second-order valence-corrected chi connectivity index (χ2v) is 15.2. The highest BCUT2D eigenvalue weighted by molar-refractivity contribution is 5.87. The van der Waals surface area contributed by atoms with Gasteiger partial charge in [-0.3, -0.25) is 9.59 Å². The zero-order valence-corrected chi connectivity index (χ0v) is 23.4. The number of carbonyl (C=O) groups is 2. The second kappa shape index (κ2) is 7.56. The Labute approximate surface area is 212 Å². The van der Waals surface area contributed by atoms with Crippen LogP contribution in [0.4, 0.5) is 0 Å². The van der Waals surface area contributed by atoms with Crippen LogP contribution in [-0.2, 0) is 14.3 Å². The van der Waals surface area contributed by atoms with Gasteiger partial charge >= 0.3 is 0 Å². The van der Waals surface area contributed by atoms with E-state index in [4.69, 9.17) is 4.74 Å². The van der Waals surface area contributed by atoms with Crippen molar-refractivity contribution in [2.75, 3.05) is 0 Å². The van der Waals surface area contributed by atoms with Gasteiger partial charge in [0.15, 0.2) is 0 Å². The number of ether oxygens (including phenoxy) is 1. The summed E-state index contributed by atoms with van der Waals surface area (Å²) in [5, 5.41) is 15.1. The van der Waals surface area contributed by atoms with Gasteiger partial charge in [-0.05, 0) is 114 Å². The summed E-state index contributed by atoms with van der Waals surface area (Å²) in [6, 6.07) is 0. The minimum Gasteiger partial charge on any atom is -0.393 e. The van der Waals surface area contributed by atoms with Crippen LogP contribution in [0.5, 0.6) is 0 Å². The highest BCUT2D eigenvalue weighted by Crippen LogP contribution is 2.74. The van der Waals surface area contributed by atoms with E-state index in [9.17, 15) is 14.7 Å². The van der Waals surface area contributed by atoms with Crippen molar-refractivity contribution in [3.05, 3.63) is 0 Å². The molecule has 5 heteroatoms. The molecule has 0 aromatic rings. The van der Waals surface area contributed by atoms with Crippen molar-refractivity contribution in [1.82, 2.24) is 5.32 Å². The van der Waals surface area contributed by atoms with Crippen molar-refractivity contribution < 1.29 is 19.4 Å². The highest BCUT2D eigenvalue weighted by Gasteiger charge is 2.72. The molecule has 3 aliphatic carbocycles. The van der Waals surface area contributed by atoms with E-state index in [-0.39, 0.29) is 51.1 Å². The molecule has 2 aliphatic heterocycles. The van der Waals surface area contributed by atoms with E-state index in [1.807, 2.05) is 13.8 Å². The quantitative estimate of drug-likeness (QED) is 0.517. The average molecular weight is 488 g/mol. The number of hydrogen-bond donors (Lipinski definition) is 2. The van der Waals surface area contributed by atoms with Gasteiger partial charge in [0.25, 0.3) is 0 Å². The Hall–Kier alpha value is -0.940. The van der Waals surface area contributed by atoms with E-state index < -0.39 is 11.6 Å². The number of carbonyl (C=O) groups excluding carboxylic acids is 2. The molecule has 5 nitrogen and oxygen atoms in total. The maximum absolute atomic E-state index is 14.1. The van der Waals surface area contributed by atoms with Gasteiger partial charge in [0, 0.05) is 24.3 Å². The van der Waals surface area contributed by atoms with E-state index in [1.54, 1.807) is 0 Å². The van der Waals surface area contributed by atoms with Gasteiger partial charge in [-0.1, -0.05) is 20.8 Å². The van der Waals surface area contributed by atoms with Gasteiger partial charge in [-0.2, -0.15) is 0 Å². The lowest BCUT2D eigenvalue weighted by molar-refractivity contribution is -0.238. The van der Waals surface area contributed by atoms with E-state index in [0.717, 1.165) is 38.5 Å². The van der Waals surface area contributed by atoms with Crippen molar-refractivity contribution in [2.45, 2.75) is 136 Å². The van der Waals surface area contributed by atoms with Crippen LogP contribution in [0.1, 0.15) is 113 Å². The van der Waals surface area contributed by atoms with Crippen LogP contribution in [0, 0.1) is 39.9 Å². The monoisotopic (exact) mass is 487 g/mol. The van der Waals surface area contributed by atoms with E-state index in [2.05, 4.69) is 46.9 Å². The first-order valence-electron chi connectivity index (χ1n) is 14.2. The molecule has 0 unspecified atom stereocenters. The van der Waals surface area contributed by atoms with Crippen LogP contribution in [0.3, 0.4) is 0 Å². The number of nitrogens with one attached hydrogen (secondary N) is 1. The van der Waals surface area contributed by atoms with Crippen LogP contribution in [0.2, 0.25) is 0 Å². The van der Waals surface area contributed by atoms with E-state index in [1.165, 1.54) is 0 Å². The SMILES string of the molecule is CC1(C)CCC[C@](C)([C@H]2CC[C@]3(C)[C@@H]2[C@H](O)C[C@@H]2[C@@]4(C)CCC(=O)NC(C)(C)[C@@H]4C(=O)C[C@]23C)O1. The predicted octanol–water partition coefficient (Wildman–Crippen LogP) is 5.43. The largest absolute Gasteiger partial charge is 0.393 e. The minimum absolute atomic E-state index is 0.0477. The Morgan fingerprint density at radius 2 is 1.60 bits per heavy atom. The van der Waals surface area contributed by atoms with Crippen molar-refractivity contribution >= 4 is 11.7 Å². The van der Waals surface area contributed by atoms with Gasteiger partial charge in [0.1, 0.15) is 5.78 Å². The van der Waals surface area contributed by atoms with Gasteiger partial charge in [0.05, 0.1) is 17.3 Å². The topological polar surface area (TPSA) is 75.6 Å². The van der Waals surface area contributed by atoms with Crippen molar-refractivity contribution in [3.8, 4) is 0 Å². The maximum Gasteiger partial charge on any atom is 0.220 e. The molecule has 0 aromatic carbocycles. The number of rotatable bonds is 1. The van der Waals surface area contributed by atoms with Crippen LogP contribution in [-0.4, -0.2) is 39.6 Å². The molecule has 5 aliphatic rings. The molecule has 5 fully saturated rings. The third kappa shape index (κ3) is 3.46. The predicted molar refractivity (Wildman–Crippen MR) is 137 cm³/mol. The lowest BCUT2D eigenvalue weighted by Crippen LogP contribution is -2.68. The second-order valence-electron chi connectivity index (χ2n) is 15.2. The standard InChI is InChI=1S/C30H49NO4/c1-25(2)12-9-13-30(8,35-25)18-10-15-28(6)23(18)19(32)16-21-27(5)14-11-22(34)31-26(3,4)24(27)20(33)17-29(21,28)7/h18-19,21,23-24,32H,9-17H2,1-8H3,(H,31,34)/t18-,19+,21+,23-,24-,27+,28+,29+,30+/m0/s1.